The van der Waals surface area contributed by atoms with E-state index in [9.17, 15) is 4.79 Å². The zero-order valence-corrected chi connectivity index (χ0v) is 14.6. The SMILES string of the molecule is CCc1sc(C(=O)NCC(C)(C)N2CCCCC2)cc1C. The van der Waals surface area contributed by atoms with Crippen LogP contribution in [-0.2, 0) is 6.42 Å². The number of piperidine rings is 1. The molecule has 118 valence electrons. The van der Waals surface area contributed by atoms with E-state index in [2.05, 4.69) is 37.9 Å². The molecule has 0 spiro atoms. The molecule has 4 heteroatoms. The van der Waals surface area contributed by atoms with Crippen LogP contribution in [0.25, 0.3) is 0 Å². The molecule has 1 aromatic heterocycles. The molecular formula is C17H28N2OS. The molecule has 0 radical (unpaired) electrons. The summed E-state index contributed by atoms with van der Waals surface area (Å²) in [4.78, 5) is 17.0. The van der Waals surface area contributed by atoms with Gasteiger partial charge in [0.25, 0.3) is 5.91 Å². The molecular weight excluding hydrogens is 280 g/mol. The zero-order valence-electron chi connectivity index (χ0n) is 13.8. The van der Waals surface area contributed by atoms with Gasteiger partial charge in [0, 0.05) is 17.0 Å². The first-order chi connectivity index (χ1) is 9.94. The van der Waals surface area contributed by atoms with Gasteiger partial charge in [0.2, 0.25) is 0 Å². The molecule has 0 atom stereocenters. The minimum atomic E-state index is 0.0377. The average molecular weight is 308 g/mol. The van der Waals surface area contributed by atoms with Crippen molar-refractivity contribution < 1.29 is 4.79 Å². The molecule has 21 heavy (non-hydrogen) atoms. The number of likely N-dealkylation sites (tertiary alicyclic amines) is 1. The van der Waals surface area contributed by atoms with Crippen LogP contribution in [0.5, 0.6) is 0 Å². The Morgan fingerprint density at radius 3 is 2.57 bits per heavy atom. The van der Waals surface area contributed by atoms with E-state index in [0.29, 0.717) is 6.54 Å². The number of nitrogens with one attached hydrogen (secondary N) is 1. The molecule has 1 fully saturated rings. The topological polar surface area (TPSA) is 32.3 Å². The Kier molecular flexibility index (Phi) is 5.44. The summed E-state index contributed by atoms with van der Waals surface area (Å²) in [5.74, 6) is 0.0767. The van der Waals surface area contributed by atoms with Gasteiger partial charge in [0.05, 0.1) is 4.88 Å². The highest BCUT2D eigenvalue weighted by atomic mass is 32.1. The highest BCUT2D eigenvalue weighted by molar-refractivity contribution is 7.14. The molecule has 1 N–H and O–H groups in total. The van der Waals surface area contributed by atoms with Gasteiger partial charge in [-0.2, -0.15) is 0 Å². The van der Waals surface area contributed by atoms with Crippen LogP contribution in [0.1, 0.15) is 60.1 Å². The summed E-state index contributed by atoms with van der Waals surface area (Å²) in [5.41, 5.74) is 1.28. The Labute approximate surface area is 132 Å². The second-order valence-corrected chi connectivity index (χ2v) is 7.75. The Hall–Kier alpha value is -0.870. The number of amides is 1. The largest absolute Gasteiger partial charge is 0.350 e. The first kappa shape index (κ1) is 16.5. The van der Waals surface area contributed by atoms with E-state index in [4.69, 9.17) is 0 Å². The number of hydrogen-bond acceptors (Lipinski definition) is 3. The maximum absolute atomic E-state index is 12.3. The van der Waals surface area contributed by atoms with Crippen molar-refractivity contribution in [2.75, 3.05) is 19.6 Å². The van der Waals surface area contributed by atoms with Crippen molar-refractivity contribution in [3.8, 4) is 0 Å². The lowest BCUT2D eigenvalue weighted by Crippen LogP contribution is -2.53. The molecule has 0 bridgehead atoms. The van der Waals surface area contributed by atoms with Crippen LogP contribution in [0.4, 0.5) is 0 Å². The molecule has 2 heterocycles. The quantitative estimate of drug-likeness (QED) is 0.901. The Morgan fingerprint density at radius 1 is 1.33 bits per heavy atom. The van der Waals surface area contributed by atoms with Gasteiger partial charge >= 0.3 is 0 Å². The second kappa shape index (κ2) is 6.93. The molecule has 3 nitrogen and oxygen atoms in total. The van der Waals surface area contributed by atoms with Gasteiger partial charge in [0.15, 0.2) is 0 Å². The van der Waals surface area contributed by atoms with Crippen LogP contribution in [0.15, 0.2) is 6.07 Å². The van der Waals surface area contributed by atoms with E-state index < -0.39 is 0 Å². The highest BCUT2D eigenvalue weighted by Gasteiger charge is 2.28. The molecule has 0 aliphatic carbocycles. The van der Waals surface area contributed by atoms with Crippen molar-refractivity contribution in [1.82, 2.24) is 10.2 Å². The Balaban J connectivity index is 1.92. The Bertz CT molecular complexity index is 487. The molecule has 1 aromatic rings. The smallest absolute Gasteiger partial charge is 0.261 e. The van der Waals surface area contributed by atoms with Crippen molar-refractivity contribution in [3.05, 3.63) is 21.4 Å². The number of hydrogen-bond donors (Lipinski definition) is 1. The van der Waals surface area contributed by atoms with E-state index in [1.165, 1.54) is 29.7 Å². The van der Waals surface area contributed by atoms with Gasteiger partial charge in [-0.15, -0.1) is 11.3 Å². The predicted molar refractivity (Wildman–Crippen MR) is 90.3 cm³/mol. The summed E-state index contributed by atoms with van der Waals surface area (Å²) >= 11 is 1.63. The Morgan fingerprint density at radius 2 is 2.00 bits per heavy atom. The number of rotatable bonds is 5. The molecule has 1 aliphatic rings. The number of thiophene rings is 1. The fourth-order valence-corrected chi connectivity index (χ4v) is 4.01. The maximum Gasteiger partial charge on any atom is 0.261 e. The molecule has 1 aliphatic heterocycles. The zero-order chi connectivity index (χ0) is 15.5. The van der Waals surface area contributed by atoms with Gasteiger partial charge in [-0.05, 0) is 64.8 Å². The lowest BCUT2D eigenvalue weighted by molar-refractivity contribution is 0.0800. The van der Waals surface area contributed by atoms with Crippen molar-refractivity contribution in [1.29, 1.82) is 0 Å². The summed E-state index contributed by atoms with van der Waals surface area (Å²) in [6.45, 7) is 11.7. The third kappa shape index (κ3) is 4.07. The summed E-state index contributed by atoms with van der Waals surface area (Å²) < 4.78 is 0. The van der Waals surface area contributed by atoms with Crippen LogP contribution < -0.4 is 5.32 Å². The number of nitrogens with zero attached hydrogens (tertiary/aromatic N) is 1. The summed E-state index contributed by atoms with van der Waals surface area (Å²) in [5, 5.41) is 3.13. The molecule has 1 saturated heterocycles. The minimum Gasteiger partial charge on any atom is -0.350 e. The second-order valence-electron chi connectivity index (χ2n) is 6.61. The average Bonchev–Trinajstić information content (AvgIpc) is 2.87. The monoisotopic (exact) mass is 308 g/mol. The third-order valence-electron chi connectivity index (χ3n) is 4.46. The van der Waals surface area contributed by atoms with E-state index >= 15 is 0 Å². The standard InChI is InChI=1S/C17H28N2OS/c1-5-14-13(2)11-15(21-14)16(20)18-12-17(3,4)19-9-7-6-8-10-19/h11H,5-10,12H2,1-4H3,(H,18,20). The van der Waals surface area contributed by atoms with E-state index in [1.807, 2.05) is 6.07 Å². The van der Waals surface area contributed by atoms with E-state index in [1.54, 1.807) is 11.3 Å². The first-order valence-corrected chi connectivity index (χ1v) is 8.88. The number of aryl methyl sites for hydroxylation is 2. The fourth-order valence-electron chi connectivity index (χ4n) is 2.98. The van der Waals surface area contributed by atoms with Crippen molar-refractivity contribution in [2.45, 2.75) is 58.9 Å². The number of carbonyl (C=O) groups is 1. The van der Waals surface area contributed by atoms with Crippen LogP contribution in [0, 0.1) is 6.92 Å². The van der Waals surface area contributed by atoms with Crippen LogP contribution >= 0.6 is 11.3 Å². The van der Waals surface area contributed by atoms with Crippen molar-refractivity contribution in [2.24, 2.45) is 0 Å². The number of carbonyl (C=O) groups excluding carboxylic acids is 1. The van der Waals surface area contributed by atoms with Gasteiger partial charge in [-0.1, -0.05) is 13.3 Å². The first-order valence-electron chi connectivity index (χ1n) is 8.06. The predicted octanol–water partition coefficient (Wildman–Crippen LogP) is 3.61. The summed E-state index contributed by atoms with van der Waals surface area (Å²) in [6.07, 6.45) is 4.90. The summed E-state index contributed by atoms with van der Waals surface area (Å²) in [7, 11) is 0. The molecule has 2 rings (SSSR count). The normalized spacial score (nSPS) is 17.0. The van der Waals surface area contributed by atoms with Gasteiger partial charge in [0.1, 0.15) is 0 Å². The lowest BCUT2D eigenvalue weighted by atomic mass is 9.98. The molecule has 1 amide bonds. The van der Waals surface area contributed by atoms with Crippen molar-refractivity contribution >= 4 is 17.2 Å². The van der Waals surface area contributed by atoms with Gasteiger partial charge in [-0.3, -0.25) is 9.69 Å². The van der Waals surface area contributed by atoms with Gasteiger partial charge in [-0.25, -0.2) is 0 Å². The van der Waals surface area contributed by atoms with Crippen LogP contribution in [0.3, 0.4) is 0 Å². The van der Waals surface area contributed by atoms with Crippen molar-refractivity contribution in [3.63, 3.8) is 0 Å². The van der Waals surface area contributed by atoms with E-state index in [0.717, 1.165) is 24.4 Å². The minimum absolute atomic E-state index is 0.0377. The van der Waals surface area contributed by atoms with Gasteiger partial charge < -0.3 is 5.32 Å². The van der Waals surface area contributed by atoms with Crippen LogP contribution in [0.2, 0.25) is 0 Å². The van der Waals surface area contributed by atoms with E-state index in [-0.39, 0.29) is 11.4 Å². The molecule has 0 aromatic carbocycles. The summed E-state index contributed by atoms with van der Waals surface area (Å²) in [6, 6.07) is 2.02. The fraction of sp³-hybridized carbons (Fsp3) is 0.706. The third-order valence-corrected chi connectivity index (χ3v) is 5.84. The molecule has 0 saturated carbocycles. The lowest BCUT2D eigenvalue weighted by Gasteiger charge is -2.41. The molecule has 0 unspecified atom stereocenters. The maximum atomic E-state index is 12.3. The van der Waals surface area contributed by atoms with Crippen LogP contribution in [-0.4, -0.2) is 36.0 Å². The highest BCUT2D eigenvalue weighted by Crippen LogP contribution is 2.23.